The van der Waals surface area contributed by atoms with Gasteiger partial charge < -0.3 is 10.2 Å². The van der Waals surface area contributed by atoms with Crippen LogP contribution >= 0.6 is 11.8 Å². The second-order valence-corrected chi connectivity index (χ2v) is 6.39. The van der Waals surface area contributed by atoms with Crippen LogP contribution in [0, 0.1) is 0 Å². The zero-order chi connectivity index (χ0) is 12.5. The van der Waals surface area contributed by atoms with Gasteiger partial charge in [-0.1, -0.05) is 19.3 Å². The van der Waals surface area contributed by atoms with E-state index in [1.54, 1.807) is 0 Å². The number of nitrogens with one attached hydrogen (secondary N) is 1. The molecule has 0 heterocycles. The normalized spacial score (nSPS) is 19.8. The van der Waals surface area contributed by atoms with Crippen LogP contribution in [-0.2, 0) is 0 Å². The van der Waals surface area contributed by atoms with E-state index in [-0.39, 0.29) is 0 Å². The quantitative estimate of drug-likeness (QED) is 0.720. The molecule has 0 aromatic carbocycles. The molecule has 1 aliphatic rings. The molecule has 0 amide bonds. The predicted octanol–water partition coefficient (Wildman–Crippen LogP) is 2.98. The van der Waals surface area contributed by atoms with E-state index in [4.69, 9.17) is 0 Å². The third-order valence-electron chi connectivity index (χ3n) is 3.99. The Morgan fingerprint density at radius 1 is 1.29 bits per heavy atom. The summed E-state index contributed by atoms with van der Waals surface area (Å²) in [5.41, 5.74) is 0. The Hall–Kier alpha value is 0.270. The highest BCUT2D eigenvalue weighted by molar-refractivity contribution is 7.98. The largest absolute Gasteiger partial charge is 0.313 e. The first-order valence-corrected chi connectivity index (χ1v) is 8.56. The molecule has 0 aromatic rings. The molecule has 1 rings (SSSR count). The fourth-order valence-electron chi connectivity index (χ4n) is 2.48. The van der Waals surface area contributed by atoms with Gasteiger partial charge in [-0.15, -0.1) is 0 Å². The number of likely N-dealkylation sites (N-methyl/N-ethyl adjacent to an activating group) is 1. The lowest BCUT2D eigenvalue weighted by Gasteiger charge is -2.27. The molecule has 0 saturated heterocycles. The monoisotopic (exact) mass is 258 g/mol. The fraction of sp³-hybridized carbons (Fsp3) is 1.00. The lowest BCUT2D eigenvalue weighted by molar-refractivity contribution is 0.244. The summed E-state index contributed by atoms with van der Waals surface area (Å²) in [4.78, 5) is 2.49. The van der Waals surface area contributed by atoms with Crippen LogP contribution in [0.3, 0.4) is 0 Å². The summed E-state index contributed by atoms with van der Waals surface area (Å²) in [6.45, 7) is 4.69. The average Bonchev–Trinajstić information content (AvgIpc) is 2.37. The maximum Gasteiger partial charge on any atom is 0.0107 e. The van der Waals surface area contributed by atoms with Gasteiger partial charge in [0, 0.05) is 25.2 Å². The Kier molecular flexibility index (Phi) is 8.33. The van der Waals surface area contributed by atoms with Gasteiger partial charge in [0.05, 0.1) is 0 Å². The minimum absolute atomic E-state index is 0.718. The van der Waals surface area contributed by atoms with Gasteiger partial charge in [0.1, 0.15) is 0 Å². The molecule has 1 unspecified atom stereocenters. The Bertz CT molecular complexity index is 181. The van der Waals surface area contributed by atoms with Crippen molar-refractivity contribution >= 4 is 11.8 Å². The highest BCUT2D eigenvalue weighted by Crippen LogP contribution is 2.17. The van der Waals surface area contributed by atoms with Crippen molar-refractivity contribution in [1.29, 1.82) is 0 Å². The van der Waals surface area contributed by atoms with Gasteiger partial charge in [0.15, 0.2) is 0 Å². The number of hydrogen-bond donors (Lipinski definition) is 1. The third kappa shape index (κ3) is 6.68. The lowest BCUT2D eigenvalue weighted by Crippen LogP contribution is -2.39. The summed E-state index contributed by atoms with van der Waals surface area (Å²) in [7, 11) is 2.26. The van der Waals surface area contributed by atoms with E-state index in [1.807, 2.05) is 11.8 Å². The van der Waals surface area contributed by atoms with E-state index in [9.17, 15) is 0 Å². The van der Waals surface area contributed by atoms with Crippen LogP contribution in [0.1, 0.15) is 45.4 Å². The standard InChI is InChI=1S/C14H30N2S/c1-13(9-12-17-3)16(2)11-10-15-14-7-5-4-6-8-14/h13-15H,4-12H2,1-3H3. The van der Waals surface area contributed by atoms with Crippen LogP contribution in [-0.4, -0.2) is 49.1 Å². The first kappa shape index (κ1) is 15.3. The van der Waals surface area contributed by atoms with Crippen LogP contribution in [0.4, 0.5) is 0 Å². The average molecular weight is 258 g/mol. The van der Waals surface area contributed by atoms with Crippen LogP contribution < -0.4 is 5.32 Å². The highest BCUT2D eigenvalue weighted by Gasteiger charge is 2.13. The smallest absolute Gasteiger partial charge is 0.0107 e. The number of hydrogen-bond acceptors (Lipinski definition) is 3. The van der Waals surface area contributed by atoms with Gasteiger partial charge in [-0.25, -0.2) is 0 Å². The van der Waals surface area contributed by atoms with Crippen LogP contribution in [0.25, 0.3) is 0 Å². The van der Waals surface area contributed by atoms with Crippen molar-refractivity contribution in [2.45, 2.75) is 57.5 Å². The molecule has 0 bridgehead atoms. The molecule has 3 heteroatoms. The first-order valence-electron chi connectivity index (χ1n) is 7.16. The molecule has 1 atom stereocenters. The van der Waals surface area contributed by atoms with Crippen molar-refractivity contribution in [2.75, 3.05) is 32.1 Å². The first-order chi connectivity index (χ1) is 8.24. The molecule has 1 aliphatic carbocycles. The SMILES string of the molecule is CSCCC(C)N(C)CCNC1CCCCC1. The fourth-order valence-corrected chi connectivity index (χ4v) is 3.06. The molecule has 0 spiro atoms. The van der Waals surface area contributed by atoms with E-state index in [2.05, 4.69) is 30.4 Å². The van der Waals surface area contributed by atoms with Crippen molar-refractivity contribution in [3.8, 4) is 0 Å². The Balaban J connectivity index is 2.04. The van der Waals surface area contributed by atoms with E-state index < -0.39 is 0 Å². The van der Waals surface area contributed by atoms with Crippen LogP contribution in [0.5, 0.6) is 0 Å². The van der Waals surface area contributed by atoms with Crippen LogP contribution in [0.15, 0.2) is 0 Å². The molecule has 1 saturated carbocycles. The van der Waals surface area contributed by atoms with Gasteiger partial charge in [0.2, 0.25) is 0 Å². The second-order valence-electron chi connectivity index (χ2n) is 5.40. The number of rotatable bonds is 8. The highest BCUT2D eigenvalue weighted by atomic mass is 32.2. The van der Waals surface area contributed by atoms with Crippen molar-refractivity contribution in [1.82, 2.24) is 10.2 Å². The topological polar surface area (TPSA) is 15.3 Å². The maximum atomic E-state index is 3.72. The Morgan fingerprint density at radius 3 is 2.65 bits per heavy atom. The molecule has 0 aromatic heterocycles. The van der Waals surface area contributed by atoms with E-state index in [0.717, 1.165) is 18.6 Å². The van der Waals surface area contributed by atoms with Gasteiger partial charge >= 0.3 is 0 Å². The molecule has 0 aliphatic heterocycles. The number of nitrogens with zero attached hydrogens (tertiary/aromatic N) is 1. The van der Waals surface area contributed by atoms with Crippen molar-refractivity contribution in [3.05, 3.63) is 0 Å². The van der Waals surface area contributed by atoms with E-state index in [1.165, 1.54) is 50.8 Å². The van der Waals surface area contributed by atoms with Gasteiger partial charge in [-0.3, -0.25) is 0 Å². The van der Waals surface area contributed by atoms with E-state index >= 15 is 0 Å². The minimum Gasteiger partial charge on any atom is -0.313 e. The number of thioether (sulfide) groups is 1. The molecule has 2 nitrogen and oxygen atoms in total. The maximum absolute atomic E-state index is 3.72. The Labute approximate surface area is 112 Å². The lowest BCUT2D eigenvalue weighted by atomic mass is 9.95. The minimum atomic E-state index is 0.718. The zero-order valence-electron chi connectivity index (χ0n) is 11.9. The molecule has 0 radical (unpaired) electrons. The van der Waals surface area contributed by atoms with Gasteiger partial charge in [0.25, 0.3) is 0 Å². The molecular weight excluding hydrogens is 228 g/mol. The third-order valence-corrected chi connectivity index (χ3v) is 4.64. The van der Waals surface area contributed by atoms with Crippen molar-refractivity contribution in [2.24, 2.45) is 0 Å². The summed E-state index contributed by atoms with van der Waals surface area (Å²) >= 11 is 1.95. The second kappa shape index (κ2) is 9.23. The molecule has 1 N–H and O–H groups in total. The summed E-state index contributed by atoms with van der Waals surface area (Å²) in [6.07, 6.45) is 10.6. The van der Waals surface area contributed by atoms with Crippen LogP contribution in [0.2, 0.25) is 0 Å². The Morgan fingerprint density at radius 2 is 2.00 bits per heavy atom. The summed E-state index contributed by atoms with van der Waals surface area (Å²) in [5, 5.41) is 3.72. The molecule has 1 fully saturated rings. The predicted molar refractivity (Wildman–Crippen MR) is 80.0 cm³/mol. The molecule has 102 valence electrons. The van der Waals surface area contributed by atoms with Gasteiger partial charge in [-0.05, 0) is 45.2 Å². The van der Waals surface area contributed by atoms with Gasteiger partial charge in [-0.2, -0.15) is 11.8 Å². The van der Waals surface area contributed by atoms with E-state index in [0.29, 0.717) is 0 Å². The summed E-state index contributed by atoms with van der Waals surface area (Å²) in [5.74, 6) is 1.28. The zero-order valence-corrected chi connectivity index (χ0v) is 12.7. The summed E-state index contributed by atoms with van der Waals surface area (Å²) in [6, 6.07) is 1.52. The molecule has 17 heavy (non-hydrogen) atoms. The summed E-state index contributed by atoms with van der Waals surface area (Å²) < 4.78 is 0. The van der Waals surface area contributed by atoms with Crippen molar-refractivity contribution < 1.29 is 0 Å². The molecular formula is C14H30N2S. The van der Waals surface area contributed by atoms with Crippen molar-refractivity contribution in [3.63, 3.8) is 0 Å².